The van der Waals surface area contributed by atoms with Crippen molar-refractivity contribution in [2.24, 2.45) is 0 Å². The van der Waals surface area contributed by atoms with Crippen LogP contribution in [0.25, 0.3) is 0 Å². The van der Waals surface area contributed by atoms with Crippen LogP contribution in [0.4, 0.5) is 0 Å². The predicted octanol–water partition coefficient (Wildman–Crippen LogP) is 1.40. The van der Waals surface area contributed by atoms with E-state index in [4.69, 9.17) is 6.42 Å². The van der Waals surface area contributed by atoms with Crippen molar-refractivity contribution in [2.75, 3.05) is 7.05 Å². The molecule has 0 aliphatic rings. The van der Waals surface area contributed by atoms with Gasteiger partial charge in [0.1, 0.15) is 0 Å². The van der Waals surface area contributed by atoms with Crippen molar-refractivity contribution in [3.63, 3.8) is 0 Å². The molecule has 0 bridgehead atoms. The smallest absolute Gasteiger partial charge is 0.0684 e. The van der Waals surface area contributed by atoms with Crippen molar-refractivity contribution in [1.29, 1.82) is 0 Å². The van der Waals surface area contributed by atoms with Crippen molar-refractivity contribution in [3.05, 3.63) is 0 Å². The van der Waals surface area contributed by atoms with E-state index in [0.717, 1.165) is 6.42 Å². The lowest BCUT2D eigenvalue weighted by Gasteiger charge is -2.06. The molecule has 0 aromatic heterocycles. The van der Waals surface area contributed by atoms with Gasteiger partial charge in [0.15, 0.2) is 0 Å². The summed E-state index contributed by atoms with van der Waals surface area (Å²) in [5.74, 6) is 2.68. The Labute approximate surface area is 57.8 Å². The average Bonchev–Trinajstić information content (AvgIpc) is 1.91. The van der Waals surface area contributed by atoms with Gasteiger partial charge in [-0.3, -0.25) is 0 Å². The van der Waals surface area contributed by atoms with E-state index in [9.17, 15) is 0 Å². The average molecular weight is 125 g/mol. The zero-order valence-corrected chi connectivity index (χ0v) is 6.28. The SMILES string of the molecule is C#CC(CCCC)NC. The molecular weight excluding hydrogens is 110 g/mol. The Hall–Kier alpha value is -0.480. The first-order chi connectivity index (χ1) is 4.35. The molecule has 0 amide bonds. The molecule has 0 aliphatic carbocycles. The topological polar surface area (TPSA) is 12.0 Å². The highest BCUT2D eigenvalue weighted by molar-refractivity contribution is 4.97. The maximum Gasteiger partial charge on any atom is 0.0684 e. The Balaban J connectivity index is 3.23. The summed E-state index contributed by atoms with van der Waals surface area (Å²) in [6.45, 7) is 2.17. The van der Waals surface area contributed by atoms with E-state index in [-0.39, 0.29) is 6.04 Å². The van der Waals surface area contributed by atoms with Gasteiger partial charge in [-0.2, -0.15) is 0 Å². The van der Waals surface area contributed by atoms with Gasteiger partial charge < -0.3 is 5.32 Å². The molecule has 0 radical (unpaired) electrons. The third kappa shape index (κ3) is 4.05. The van der Waals surface area contributed by atoms with Gasteiger partial charge in [0, 0.05) is 0 Å². The lowest BCUT2D eigenvalue weighted by Crippen LogP contribution is -2.22. The summed E-state index contributed by atoms with van der Waals surface area (Å²) in [5, 5.41) is 3.05. The number of unbranched alkanes of at least 4 members (excludes halogenated alkanes) is 1. The first kappa shape index (κ1) is 8.52. The fourth-order valence-corrected chi connectivity index (χ4v) is 0.719. The summed E-state index contributed by atoms with van der Waals surface area (Å²) in [6.07, 6.45) is 8.75. The Kier molecular flexibility index (Phi) is 5.35. The lowest BCUT2D eigenvalue weighted by molar-refractivity contribution is 0.592. The van der Waals surface area contributed by atoms with Crippen molar-refractivity contribution in [3.8, 4) is 12.3 Å². The van der Waals surface area contributed by atoms with Gasteiger partial charge in [-0.1, -0.05) is 25.7 Å². The number of hydrogen-bond acceptors (Lipinski definition) is 1. The van der Waals surface area contributed by atoms with E-state index < -0.39 is 0 Å². The molecule has 0 saturated heterocycles. The van der Waals surface area contributed by atoms with E-state index in [1.54, 1.807) is 0 Å². The van der Waals surface area contributed by atoms with Crippen LogP contribution in [0.1, 0.15) is 26.2 Å². The quantitative estimate of drug-likeness (QED) is 0.560. The fourth-order valence-electron chi connectivity index (χ4n) is 0.719. The molecule has 0 heterocycles. The van der Waals surface area contributed by atoms with Gasteiger partial charge in [0.05, 0.1) is 6.04 Å². The third-order valence-electron chi connectivity index (χ3n) is 1.40. The number of rotatable bonds is 4. The molecule has 0 spiro atoms. The summed E-state index contributed by atoms with van der Waals surface area (Å²) in [4.78, 5) is 0. The molecule has 0 fully saturated rings. The Morgan fingerprint density at radius 3 is 2.67 bits per heavy atom. The minimum atomic E-state index is 0.282. The van der Waals surface area contributed by atoms with Gasteiger partial charge in [0.2, 0.25) is 0 Å². The van der Waals surface area contributed by atoms with Crippen LogP contribution in [-0.4, -0.2) is 13.1 Å². The molecule has 1 atom stereocenters. The van der Waals surface area contributed by atoms with Crippen LogP contribution in [0, 0.1) is 12.3 Å². The standard InChI is InChI=1S/C8H15N/c1-4-6-7-8(5-2)9-3/h2,8-9H,4,6-7H2,1,3H3. The minimum absolute atomic E-state index is 0.282. The summed E-state index contributed by atoms with van der Waals surface area (Å²) < 4.78 is 0. The molecule has 1 N–H and O–H groups in total. The van der Waals surface area contributed by atoms with E-state index in [1.165, 1.54) is 12.8 Å². The Morgan fingerprint density at radius 1 is 1.67 bits per heavy atom. The molecule has 0 saturated carbocycles. The Morgan fingerprint density at radius 2 is 2.33 bits per heavy atom. The van der Waals surface area contributed by atoms with Gasteiger partial charge in [-0.15, -0.1) is 6.42 Å². The highest BCUT2D eigenvalue weighted by atomic mass is 14.8. The summed E-state index contributed by atoms with van der Waals surface area (Å²) in [7, 11) is 1.90. The van der Waals surface area contributed by atoms with E-state index >= 15 is 0 Å². The molecule has 0 aliphatic heterocycles. The Bertz CT molecular complexity index is 91.2. The second-order valence-electron chi connectivity index (χ2n) is 2.15. The van der Waals surface area contributed by atoms with Crippen molar-refractivity contribution < 1.29 is 0 Å². The first-order valence-electron chi connectivity index (χ1n) is 3.48. The summed E-state index contributed by atoms with van der Waals surface area (Å²) in [6, 6.07) is 0.282. The van der Waals surface area contributed by atoms with Gasteiger partial charge in [-0.05, 0) is 13.5 Å². The molecule has 1 heteroatoms. The van der Waals surface area contributed by atoms with Gasteiger partial charge in [-0.25, -0.2) is 0 Å². The monoisotopic (exact) mass is 125 g/mol. The van der Waals surface area contributed by atoms with E-state index in [0.29, 0.717) is 0 Å². The fraction of sp³-hybridized carbons (Fsp3) is 0.750. The second-order valence-corrected chi connectivity index (χ2v) is 2.15. The molecular formula is C8H15N. The highest BCUT2D eigenvalue weighted by Crippen LogP contribution is 1.97. The van der Waals surface area contributed by atoms with E-state index in [1.807, 2.05) is 7.05 Å². The first-order valence-corrected chi connectivity index (χ1v) is 3.48. The van der Waals surface area contributed by atoms with Crippen LogP contribution in [0.2, 0.25) is 0 Å². The van der Waals surface area contributed by atoms with Gasteiger partial charge >= 0.3 is 0 Å². The van der Waals surface area contributed by atoms with Crippen LogP contribution < -0.4 is 5.32 Å². The molecule has 9 heavy (non-hydrogen) atoms. The predicted molar refractivity (Wildman–Crippen MR) is 41.2 cm³/mol. The van der Waals surface area contributed by atoms with E-state index in [2.05, 4.69) is 18.2 Å². The lowest BCUT2D eigenvalue weighted by atomic mass is 10.1. The zero-order chi connectivity index (χ0) is 7.11. The normalized spacial score (nSPS) is 12.6. The number of hydrogen-bond donors (Lipinski definition) is 1. The summed E-state index contributed by atoms with van der Waals surface area (Å²) >= 11 is 0. The summed E-state index contributed by atoms with van der Waals surface area (Å²) in [5.41, 5.74) is 0. The molecule has 52 valence electrons. The van der Waals surface area contributed by atoms with Crippen molar-refractivity contribution in [1.82, 2.24) is 5.32 Å². The largest absolute Gasteiger partial charge is 0.307 e. The van der Waals surface area contributed by atoms with Crippen LogP contribution in [0.5, 0.6) is 0 Å². The van der Waals surface area contributed by atoms with Crippen LogP contribution in [-0.2, 0) is 0 Å². The van der Waals surface area contributed by atoms with Crippen LogP contribution >= 0.6 is 0 Å². The zero-order valence-electron chi connectivity index (χ0n) is 6.28. The molecule has 1 nitrogen and oxygen atoms in total. The van der Waals surface area contributed by atoms with Crippen molar-refractivity contribution in [2.45, 2.75) is 32.2 Å². The maximum atomic E-state index is 5.21. The number of terminal acetylenes is 1. The molecule has 0 rings (SSSR count). The third-order valence-corrected chi connectivity index (χ3v) is 1.40. The van der Waals surface area contributed by atoms with Crippen LogP contribution in [0.3, 0.4) is 0 Å². The van der Waals surface area contributed by atoms with Crippen molar-refractivity contribution >= 4 is 0 Å². The van der Waals surface area contributed by atoms with Gasteiger partial charge in [0.25, 0.3) is 0 Å². The maximum absolute atomic E-state index is 5.21. The minimum Gasteiger partial charge on any atom is -0.307 e. The molecule has 0 aromatic rings. The number of nitrogens with one attached hydrogen (secondary N) is 1. The van der Waals surface area contributed by atoms with Crippen LogP contribution in [0.15, 0.2) is 0 Å². The molecule has 0 aromatic carbocycles. The highest BCUT2D eigenvalue weighted by Gasteiger charge is 1.97. The second kappa shape index (κ2) is 5.65. The molecule has 1 unspecified atom stereocenters.